The van der Waals surface area contributed by atoms with Gasteiger partial charge in [0.25, 0.3) is 5.91 Å². The number of alkyl halides is 3. The first-order valence-corrected chi connectivity index (χ1v) is 13.0. The predicted molar refractivity (Wildman–Crippen MR) is 147 cm³/mol. The van der Waals surface area contributed by atoms with Gasteiger partial charge in [-0.1, -0.05) is 41.4 Å². The van der Waals surface area contributed by atoms with E-state index in [1.807, 2.05) is 43.3 Å². The standard InChI is InChI=1S/C24H27Cl2N5O2.C2HF3O2/c1-31(2)23-17-6-3-4-8-19(17)29-24(30-23)28-16-12-10-15(11-13-16)27-21(32)14-33-20-9-5-7-18(25)22(20)26;3-2(4,5)1(6)7/h3-9,15-16H,10-14H2,1-2H3,(H,27,32)(H,28,29,30);(H,6,7). The molecule has 0 aliphatic heterocycles. The summed E-state index contributed by atoms with van der Waals surface area (Å²) in [7, 11) is 3.97. The number of fused-ring (bicyclic) bond motifs is 1. The molecule has 2 aromatic carbocycles. The topological polar surface area (TPSA) is 117 Å². The van der Waals surface area contributed by atoms with Crippen molar-refractivity contribution in [3.05, 3.63) is 52.5 Å². The molecular formula is C26H28Cl2F3N5O4. The minimum atomic E-state index is -5.08. The van der Waals surface area contributed by atoms with E-state index in [0.717, 1.165) is 42.4 Å². The molecule has 1 aromatic heterocycles. The Morgan fingerprint density at radius 3 is 2.27 bits per heavy atom. The smallest absolute Gasteiger partial charge is 0.482 e. The molecule has 0 spiro atoms. The number of benzene rings is 2. The fourth-order valence-corrected chi connectivity index (χ4v) is 4.38. The van der Waals surface area contributed by atoms with Crippen LogP contribution in [0.1, 0.15) is 25.7 Å². The lowest BCUT2D eigenvalue weighted by molar-refractivity contribution is -0.192. The molecule has 0 bridgehead atoms. The number of carboxylic acids is 1. The van der Waals surface area contributed by atoms with Gasteiger partial charge in [0.05, 0.1) is 10.5 Å². The molecule has 0 saturated heterocycles. The van der Waals surface area contributed by atoms with Crippen LogP contribution in [0.2, 0.25) is 10.0 Å². The van der Waals surface area contributed by atoms with Gasteiger partial charge in [-0.2, -0.15) is 18.2 Å². The lowest BCUT2D eigenvalue weighted by Crippen LogP contribution is -2.42. The van der Waals surface area contributed by atoms with Crippen LogP contribution >= 0.6 is 23.2 Å². The summed E-state index contributed by atoms with van der Waals surface area (Å²) < 4.78 is 37.3. The Hall–Kier alpha value is -3.51. The molecule has 14 heteroatoms. The number of amides is 1. The maximum Gasteiger partial charge on any atom is 0.490 e. The van der Waals surface area contributed by atoms with Gasteiger partial charge in [0, 0.05) is 31.6 Å². The Bertz CT molecular complexity index is 1340. The molecule has 4 rings (SSSR count). The first kappa shape index (κ1) is 31.0. The van der Waals surface area contributed by atoms with Crippen LogP contribution in [-0.4, -0.2) is 65.9 Å². The molecule has 0 radical (unpaired) electrons. The maximum absolute atomic E-state index is 12.3. The number of carbonyl (C=O) groups is 2. The number of halogens is 5. The zero-order chi connectivity index (χ0) is 29.4. The van der Waals surface area contributed by atoms with Crippen molar-refractivity contribution in [2.24, 2.45) is 0 Å². The zero-order valence-corrected chi connectivity index (χ0v) is 23.1. The fraction of sp³-hybridized carbons (Fsp3) is 0.385. The van der Waals surface area contributed by atoms with E-state index in [4.69, 9.17) is 47.8 Å². The zero-order valence-electron chi connectivity index (χ0n) is 21.6. The van der Waals surface area contributed by atoms with Gasteiger partial charge in [-0.25, -0.2) is 9.78 Å². The second-order valence-electron chi connectivity index (χ2n) is 9.19. The first-order valence-electron chi connectivity index (χ1n) is 12.2. The number of aliphatic carboxylic acids is 1. The fourth-order valence-electron chi connectivity index (χ4n) is 4.04. The molecule has 1 amide bonds. The highest BCUT2D eigenvalue weighted by Crippen LogP contribution is 2.31. The number of carbonyl (C=O) groups excluding carboxylic acids is 1. The van der Waals surface area contributed by atoms with Gasteiger partial charge < -0.3 is 25.4 Å². The number of para-hydroxylation sites is 1. The van der Waals surface area contributed by atoms with Crippen molar-refractivity contribution in [1.29, 1.82) is 0 Å². The van der Waals surface area contributed by atoms with Crippen LogP contribution in [0.25, 0.3) is 10.9 Å². The molecule has 3 N–H and O–H groups in total. The van der Waals surface area contributed by atoms with Crippen molar-refractivity contribution < 1.29 is 32.6 Å². The van der Waals surface area contributed by atoms with Gasteiger partial charge in [0.2, 0.25) is 5.95 Å². The van der Waals surface area contributed by atoms with Crippen molar-refractivity contribution in [3.8, 4) is 5.75 Å². The number of hydrogen-bond acceptors (Lipinski definition) is 7. The highest BCUT2D eigenvalue weighted by Gasteiger charge is 2.38. The lowest BCUT2D eigenvalue weighted by atomic mass is 9.91. The maximum atomic E-state index is 12.3. The number of aromatic nitrogens is 2. The van der Waals surface area contributed by atoms with E-state index in [-0.39, 0.29) is 24.6 Å². The van der Waals surface area contributed by atoms with E-state index in [0.29, 0.717) is 21.7 Å². The number of nitrogens with zero attached hydrogens (tertiary/aromatic N) is 3. The second kappa shape index (κ2) is 13.7. The van der Waals surface area contributed by atoms with Crippen LogP contribution in [0.4, 0.5) is 24.9 Å². The van der Waals surface area contributed by atoms with Crippen LogP contribution < -0.4 is 20.3 Å². The summed E-state index contributed by atoms with van der Waals surface area (Å²) >= 11 is 12.1. The molecule has 1 aliphatic rings. The Kier molecular flexibility index (Phi) is 10.6. The Morgan fingerprint density at radius 2 is 1.65 bits per heavy atom. The first-order chi connectivity index (χ1) is 18.8. The SMILES string of the molecule is CN(C)c1nc(NC2CCC(NC(=O)COc3cccc(Cl)c3Cl)CC2)nc2ccccc12.O=C(O)C(F)(F)F. The third-order valence-electron chi connectivity index (χ3n) is 5.95. The molecule has 1 fully saturated rings. The summed E-state index contributed by atoms with van der Waals surface area (Å²) in [4.78, 5) is 32.6. The summed E-state index contributed by atoms with van der Waals surface area (Å²) in [6, 6.07) is 13.5. The van der Waals surface area contributed by atoms with Crippen LogP contribution in [0.15, 0.2) is 42.5 Å². The van der Waals surface area contributed by atoms with E-state index in [1.54, 1.807) is 18.2 Å². The van der Waals surface area contributed by atoms with Crippen molar-refractivity contribution in [2.75, 3.05) is 30.9 Å². The number of ether oxygens (including phenoxy) is 1. The van der Waals surface area contributed by atoms with E-state index < -0.39 is 12.1 Å². The number of nitrogens with one attached hydrogen (secondary N) is 2. The van der Waals surface area contributed by atoms with Gasteiger partial charge >= 0.3 is 12.1 Å². The summed E-state index contributed by atoms with van der Waals surface area (Å²) in [6.07, 6.45) is -1.51. The van der Waals surface area contributed by atoms with Gasteiger partial charge in [-0.15, -0.1) is 0 Å². The summed E-state index contributed by atoms with van der Waals surface area (Å²) in [5.41, 5.74) is 0.916. The third kappa shape index (κ3) is 8.75. The molecule has 216 valence electrons. The second-order valence-corrected chi connectivity index (χ2v) is 9.97. The largest absolute Gasteiger partial charge is 0.490 e. The molecule has 0 atom stereocenters. The Labute approximate surface area is 238 Å². The van der Waals surface area contributed by atoms with Crippen LogP contribution in [0, 0.1) is 0 Å². The number of rotatable bonds is 7. The van der Waals surface area contributed by atoms with Crippen molar-refractivity contribution >= 4 is 57.7 Å². The van der Waals surface area contributed by atoms with Crippen molar-refractivity contribution in [1.82, 2.24) is 15.3 Å². The molecule has 1 heterocycles. The van der Waals surface area contributed by atoms with Gasteiger partial charge in [0.1, 0.15) is 16.6 Å². The molecule has 0 unspecified atom stereocenters. The minimum Gasteiger partial charge on any atom is -0.482 e. The van der Waals surface area contributed by atoms with E-state index in [2.05, 4.69) is 10.6 Å². The molecule has 40 heavy (non-hydrogen) atoms. The monoisotopic (exact) mass is 601 g/mol. The van der Waals surface area contributed by atoms with Gasteiger partial charge in [-0.3, -0.25) is 4.79 Å². The highest BCUT2D eigenvalue weighted by atomic mass is 35.5. The quantitative estimate of drug-likeness (QED) is 0.322. The van der Waals surface area contributed by atoms with Gasteiger partial charge in [-0.05, 0) is 49.9 Å². The third-order valence-corrected chi connectivity index (χ3v) is 6.75. The van der Waals surface area contributed by atoms with E-state index in [9.17, 15) is 18.0 Å². The highest BCUT2D eigenvalue weighted by molar-refractivity contribution is 6.42. The predicted octanol–water partition coefficient (Wildman–Crippen LogP) is 5.55. The molecular weight excluding hydrogens is 574 g/mol. The van der Waals surface area contributed by atoms with E-state index >= 15 is 0 Å². The lowest BCUT2D eigenvalue weighted by Gasteiger charge is -2.30. The molecule has 9 nitrogen and oxygen atoms in total. The number of carboxylic acid groups (broad SMARTS) is 1. The normalized spacial score (nSPS) is 16.9. The minimum absolute atomic E-state index is 0.101. The molecule has 1 saturated carbocycles. The van der Waals surface area contributed by atoms with Gasteiger partial charge in [0.15, 0.2) is 6.61 Å². The summed E-state index contributed by atoms with van der Waals surface area (Å²) in [5, 5.41) is 15.4. The summed E-state index contributed by atoms with van der Waals surface area (Å²) in [5.74, 6) is -0.997. The summed E-state index contributed by atoms with van der Waals surface area (Å²) in [6.45, 7) is -0.101. The Morgan fingerprint density at radius 1 is 1.02 bits per heavy atom. The van der Waals surface area contributed by atoms with Crippen molar-refractivity contribution in [3.63, 3.8) is 0 Å². The Balaban J connectivity index is 0.000000559. The van der Waals surface area contributed by atoms with Crippen molar-refractivity contribution in [2.45, 2.75) is 43.9 Å². The van der Waals surface area contributed by atoms with E-state index in [1.165, 1.54) is 0 Å². The average Bonchev–Trinajstić information content (AvgIpc) is 2.90. The molecule has 1 aliphatic carbocycles. The van der Waals surface area contributed by atoms with Crippen LogP contribution in [0.5, 0.6) is 5.75 Å². The van der Waals surface area contributed by atoms with Crippen LogP contribution in [0.3, 0.4) is 0 Å². The number of anilines is 2. The number of hydrogen-bond donors (Lipinski definition) is 3. The molecule has 3 aromatic rings. The van der Waals surface area contributed by atoms with Crippen LogP contribution in [-0.2, 0) is 9.59 Å². The average molecular weight is 602 g/mol.